The second kappa shape index (κ2) is 6.94. The minimum absolute atomic E-state index is 0.0247. The second-order valence-corrected chi connectivity index (χ2v) is 6.90. The molecule has 118 valence electrons. The molecule has 0 fully saturated rings. The third-order valence-corrected chi connectivity index (χ3v) is 4.14. The summed E-state index contributed by atoms with van der Waals surface area (Å²) in [6.07, 6.45) is 0.477. The number of nitrogens with two attached hydrogens (primary N) is 1. The summed E-state index contributed by atoms with van der Waals surface area (Å²) >= 11 is 0. The Balaban J connectivity index is 2.53. The van der Waals surface area contributed by atoms with E-state index in [1.807, 2.05) is 19.1 Å². The number of rotatable bonds is 5. The Morgan fingerprint density at radius 3 is 2.57 bits per heavy atom. The van der Waals surface area contributed by atoms with Crippen LogP contribution in [0.15, 0.2) is 18.2 Å². The van der Waals surface area contributed by atoms with Crippen LogP contribution in [0.4, 0.5) is 11.4 Å². The molecule has 1 atom stereocenters. The number of carbonyl (C=O) groups excluding carboxylic acids is 1. The molecule has 0 saturated heterocycles. The summed E-state index contributed by atoms with van der Waals surface area (Å²) < 4.78 is 0. The van der Waals surface area contributed by atoms with Crippen LogP contribution in [0.2, 0.25) is 0 Å². The minimum Gasteiger partial charge on any atom is -0.399 e. The van der Waals surface area contributed by atoms with Gasteiger partial charge in [0.15, 0.2) is 0 Å². The van der Waals surface area contributed by atoms with Crippen molar-refractivity contribution >= 4 is 17.3 Å². The Morgan fingerprint density at radius 2 is 2.00 bits per heavy atom. The number of anilines is 2. The van der Waals surface area contributed by atoms with Gasteiger partial charge in [-0.2, -0.15) is 0 Å². The topological polar surface area (TPSA) is 58.4 Å². The van der Waals surface area contributed by atoms with Crippen LogP contribution in [0.3, 0.4) is 0 Å². The Labute approximate surface area is 128 Å². The second-order valence-electron chi connectivity index (χ2n) is 6.90. The molecule has 0 saturated carbocycles. The molecule has 0 aliphatic carbocycles. The van der Waals surface area contributed by atoms with Gasteiger partial charge in [-0.1, -0.05) is 26.8 Å². The van der Waals surface area contributed by atoms with E-state index in [9.17, 15) is 4.79 Å². The van der Waals surface area contributed by atoms with Crippen LogP contribution in [0, 0.1) is 12.3 Å². The van der Waals surface area contributed by atoms with Gasteiger partial charge in [0.05, 0.1) is 0 Å². The molecule has 3 N–H and O–H groups in total. The summed E-state index contributed by atoms with van der Waals surface area (Å²) in [7, 11) is 2.06. The number of hydrogen-bond donors (Lipinski definition) is 2. The third kappa shape index (κ3) is 5.38. The van der Waals surface area contributed by atoms with E-state index >= 15 is 0 Å². The molecule has 0 aromatic heterocycles. The van der Waals surface area contributed by atoms with Crippen molar-refractivity contribution in [3.8, 4) is 0 Å². The van der Waals surface area contributed by atoms with Gasteiger partial charge in [0.2, 0.25) is 5.91 Å². The third-order valence-electron chi connectivity index (χ3n) is 4.14. The van der Waals surface area contributed by atoms with Crippen LogP contribution in [0.25, 0.3) is 0 Å². The van der Waals surface area contributed by atoms with E-state index in [4.69, 9.17) is 5.73 Å². The maximum Gasteiger partial charge on any atom is 0.225 e. The largest absolute Gasteiger partial charge is 0.399 e. The lowest BCUT2D eigenvalue weighted by atomic mass is 9.87. The average molecular weight is 291 g/mol. The van der Waals surface area contributed by atoms with E-state index < -0.39 is 0 Å². The van der Waals surface area contributed by atoms with Crippen molar-refractivity contribution in [2.75, 3.05) is 24.6 Å². The van der Waals surface area contributed by atoms with E-state index in [1.165, 1.54) is 0 Å². The molecule has 0 aliphatic heterocycles. The van der Waals surface area contributed by atoms with Crippen molar-refractivity contribution in [2.24, 2.45) is 5.41 Å². The van der Waals surface area contributed by atoms with Crippen molar-refractivity contribution in [3.05, 3.63) is 23.8 Å². The lowest BCUT2D eigenvalue weighted by Gasteiger charge is -2.35. The standard InChI is InChI=1S/C17H29N3O/c1-12-7-8-14(18)11-15(12)19-16(21)9-10-20(6)13(2)17(3,4)5/h7-8,11,13H,9-10,18H2,1-6H3,(H,19,21). The highest BCUT2D eigenvalue weighted by atomic mass is 16.1. The van der Waals surface area contributed by atoms with E-state index in [0.717, 1.165) is 17.8 Å². The summed E-state index contributed by atoms with van der Waals surface area (Å²) in [5, 5.41) is 2.94. The fourth-order valence-electron chi connectivity index (χ4n) is 2.12. The summed E-state index contributed by atoms with van der Waals surface area (Å²) in [5.41, 5.74) is 8.44. The highest BCUT2D eigenvalue weighted by Gasteiger charge is 2.23. The normalized spacial score (nSPS) is 13.3. The molecule has 0 heterocycles. The van der Waals surface area contributed by atoms with Crippen LogP contribution in [0.1, 0.15) is 39.7 Å². The van der Waals surface area contributed by atoms with Crippen molar-refractivity contribution in [2.45, 2.75) is 47.1 Å². The van der Waals surface area contributed by atoms with Gasteiger partial charge in [-0.25, -0.2) is 0 Å². The molecule has 1 amide bonds. The highest BCUT2D eigenvalue weighted by molar-refractivity contribution is 5.92. The lowest BCUT2D eigenvalue weighted by molar-refractivity contribution is -0.116. The quantitative estimate of drug-likeness (QED) is 0.819. The van der Waals surface area contributed by atoms with Crippen molar-refractivity contribution < 1.29 is 4.79 Å². The van der Waals surface area contributed by atoms with Gasteiger partial charge in [0, 0.05) is 30.4 Å². The molecule has 21 heavy (non-hydrogen) atoms. The number of nitrogens with one attached hydrogen (secondary N) is 1. The van der Waals surface area contributed by atoms with Gasteiger partial charge >= 0.3 is 0 Å². The minimum atomic E-state index is 0.0247. The Bertz CT molecular complexity index is 491. The summed E-state index contributed by atoms with van der Waals surface area (Å²) in [4.78, 5) is 14.3. The number of nitrogens with zero attached hydrogens (tertiary/aromatic N) is 1. The Hall–Kier alpha value is -1.55. The molecule has 0 bridgehead atoms. The predicted molar refractivity (Wildman–Crippen MR) is 90.4 cm³/mol. The van der Waals surface area contributed by atoms with Crippen LogP contribution >= 0.6 is 0 Å². The molecule has 0 aliphatic rings. The summed E-state index contributed by atoms with van der Waals surface area (Å²) in [6, 6.07) is 5.97. The van der Waals surface area contributed by atoms with Crippen molar-refractivity contribution in [1.29, 1.82) is 0 Å². The predicted octanol–water partition coefficient (Wildman–Crippen LogP) is 3.27. The molecular formula is C17H29N3O. The molecule has 1 rings (SSSR count). The lowest BCUT2D eigenvalue weighted by Crippen LogP contribution is -2.40. The van der Waals surface area contributed by atoms with Gasteiger partial charge in [0.25, 0.3) is 0 Å². The SMILES string of the molecule is Cc1ccc(N)cc1NC(=O)CCN(C)C(C)C(C)(C)C. The van der Waals surface area contributed by atoms with Crippen LogP contribution < -0.4 is 11.1 Å². The van der Waals surface area contributed by atoms with Crippen molar-refractivity contribution in [3.63, 3.8) is 0 Å². The zero-order valence-corrected chi connectivity index (χ0v) is 14.2. The zero-order valence-electron chi connectivity index (χ0n) is 14.2. The van der Waals surface area contributed by atoms with E-state index in [0.29, 0.717) is 18.2 Å². The number of hydrogen-bond acceptors (Lipinski definition) is 3. The summed E-state index contributed by atoms with van der Waals surface area (Å²) in [6.45, 7) is 11.5. The number of nitrogen functional groups attached to an aromatic ring is 1. The molecular weight excluding hydrogens is 262 g/mol. The van der Waals surface area contributed by atoms with Crippen LogP contribution in [0.5, 0.6) is 0 Å². The first kappa shape index (κ1) is 17.5. The number of carbonyl (C=O) groups is 1. The molecule has 4 heteroatoms. The van der Waals surface area contributed by atoms with Crippen LogP contribution in [-0.2, 0) is 4.79 Å². The number of benzene rings is 1. The maximum absolute atomic E-state index is 12.1. The van der Waals surface area contributed by atoms with Gasteiger partial charge < -0.3 is 16.0 Å². The molecule has 0 radical (unpaired) electrons. The van der Waals surface area contributed by atoms with E-state index in [-0.39, 0.29) is 11.3 Å². The number of amides is 1. The number of aryl methyl sites for hydroxylation is 1. The zero-order chi connectivity index (χ0) is 16.2. The Kier molecular flexibility index (Phi) is 5.78. The molecule has 4 nitrogen and oxygen atoms in total. The first-order valence-electron chi connectivity index (χ1n) is 7.47. The molecule has 1 aromatic carbocycles. The fourth-order valence-corrected chi connectivity index (χ4v) is 2.12. The molecule has 1 unspecified atom stereocenters. The maximum atomic E-state index is 12.1. The molecule has 1 aromatic rings. The van der Waals surface area contributed by atoms with Gasteiger partial charge in [-0.05, 0) is 44.0 Å². The smallest absolute Gasteiger partial charge is 0.225 e. The molecule has 0 spiro atoms. The monoisotopic (exact) mass is 291 g/mol. The van der Waals surface area contributed by atoms with Gasteiger partial charge in [0.1, 0.15) is 0 Å². The van der Waals surface area contributed by atoms with Gasteiger partial charge in [-0.15, -0.1) is 0 Å². The van der Waals surface area contributed by atoms with E-state index in [2.05, 4.69) is 45.0 Å². The first-order valence-corrected chi connectivity index (χ1v) is 7.47. The first-order chi connectivity index (χ1) is 9.61. The van der Waals surface area contributed by atoms with Gasteiger partial charge in [-0.3, -0.25) is 4.79 Å². The highest BCUT2D eigenvalue weighted by Crippen LogP contribution is 2.23. The Morgan fingerprint density at radius 1 is 1.38 bits per heavy atom. The fraction of sp³-hybridized carbons (Fsp3) is 0.588. The van der Waals surface area contributed by atoms with Crippen molar-refractivity contribution in [1.82, 2.24) is 4.90 Å². The average Bonchev–Trinajstić information content (AvgIpc) is 2.38. The van der Waals surface area contributed by atoms with Crippen LogP contribution in [-0.4, -0.2) is 30.4 Å². The summed E-state index contributed by atoms with van der Waals surface area (Å²) in [5.74, 6) is 0.0247. The van der Waals surface area contributed by atoms with E-state index in [1.54, 1.807) is 6.07 Å².